The molecule has 0 atom stereocenters. The third-order valence-electron chi connectivity index (χ3n) is 3.16. The Bertz CT molecular complexity index is 95.0. The van der Waals surface area contributed by atoms with E-state index in [-0.39, 0.29) is 0 Å². The summed E-state index contributed by atoms with van der Waals surface area (Å²) in [5, 5.41) is 0. The van der Waals surface area contributed by atoms with E-state index in [4.69, 9.17) is 0 Å². The molecule has 0 nitrogen and oxygen atoms in total. The van der Waals surface area contributed by atoms with Crippen molar-refractivity contribution in [3.8, 4) is 0 Å². The molecule has 1 fully saturated rings. The summed E-state index contributed by atoms with van der Waals surface area (Å²) >= 11 is 0. The molecule has 0 N–H and O–H groups in total. The van der Waals surface area contributed by atoms with Crippen LogP contribution in [0.1, 0.15) is 39.0 Å². The van der Waals surface area contributed by atoms with Crippen molar-refractivity contribution in [1.29, 1.82) is 0 Å². The summed E-state index contributed by atoms with van der Waals surface area (Å²) in [4.78, 5) is 0. The number of hydrogen-bond acceptors (Lipinski definition) is 0. The highest BCUT2D eigenvalue weighted by Crippen LogP contribution is 2.28. The second-order valence-electron chi connectivity index (χ2n) is 4.25. The van der Waals surface area contributed by atoms with Crippen LogP contribution in [0.25, 0.3) is 0 Å². The van der Waals surface area contributed by atoms with Gasteiger partial charge in [-0.3, -0.25) is 0 Å². The lowest BCUT2D eigenvalue weighted by Gasteiger charge is -2.22. The van der Waals surface area contributed by atoms with E-state index in [1.165, 1.54) is 44.7 Å². The summed E-state index contributed by atoms with van der Waals surface area (Å²) in [5.74, 6) is 1.08. The molecule has 0 unspecified atom stereocenters. The van der Waals surface area contributed by atoms with Crippen LogP contribution in [-0.4, -0.2) is 6.71 Å². The van der Waals surface area contributed by atoms with Crippen molar-refractivity contribution in [3.05, 3.63) is 0 Å². The topological polar surface area (TPSA) is 0 Å². The molecule has 0 radical (unpaired) electrons. The standard InChI is InChI=1S/C10H21B/c1-3-11(2)9-10-7-5-4-6-8-10/h10H,3-9H2,1-2H3. The van der Waals surface area contributed by atoms with Gasteiger partial charge in [-0.2, -0.15) is 0 Å². The molecule has 1 aliphatic carbocycles. The first kappa shape index (κ1) is 9.16. The Labute approximate surface area is 71.8 Å². The molecule has 0 aromatic rings. The van der Waals surface area contributed by atoms with Crippen LogP contribution in [-0.2, 0) is 0 Å². The summed E-state index contributed by atoms with van der Waals surface area (Å²) in [5.41, 5.74) is 0. The van der Waals surface area contributed by atoms with Gasteiger partial charge in [0.25, 0.3) is 0 Å². The van der Waals surface area contributed by atoms with E-state index < -0.39 is 0 Å². The average Bonchev–Trinajstić information content (AvgIpc) is 2.06. The Kier molecular flexibility index (Phi) is 4.03. The Morgan fingerprint density at radius 3 is 2.36 bits per heavy atom. The smallest absolute Gasteiger partial charge is 0.0861 e. The normalized spacial score (nSPS) is 20.2. The summed E-state index contributed by atoms with van der Waals surface area (Å²) in [6.45, 7) is 5.68. The Hall–Kier alpha value is 0.0649. The predicted octanol–water partition coefficient (Wildman–Crippen LogP) is 3.71. The Balaban J connectivity index is 2.13. The average molecular weight is 152 g/mol. The summed E-state index contributed by atoms with van der Waals surface area (Å²) in [6.07, 6.45) is 10.4. The fraction of sp³-hybridized carbons (Fsp3) is 1.00. The van der Waals surface area contributed by atoms with Gasteiger partial charge in [0.1, 0.15) is 6.71 Å². The van der Waals surface area contributed by atoms with Gasteiger partial charge in [0.2, 0.25) is 0 Å². The van der Waals surface area contributed by atoms with Crippen molar-refractivity contribution in [2.75, 3.05) is 0 Å². The lowest BCUT2D eigenvalue weighted by atomic mass is 9.45. The molecule has 0 aromatic carbocycles. The van der Waals surface area contributed by atoms with Crippen molar-refractivity contribution < 1.29 is 0 Å². The van der Waals surface area contributed by atoms with E-state index in [9.17, 15) is 0 Å². The second kappa shape index (κ2) is 4.85. The third-order valence-corrected chi connectivity index (χ3v) is 3.16. The van der Waals surface area contributed by atoms with Gasteiger partial charge in [-0.15, -0.1) is 0 Å². The number of hydrogen-bond donors (Lipinski definition) is 0. The van der Waals surface area contributed by atoms with Crippen LogP contribution in [0.4, 0.5) is 0 Å². The van der Waals surface area contributed by atoms with Gasteiger partial charge in [0.05, 0.1) is 0 Å². The Morgan fingerprint density at radius 2 is 1.82 bits per heavy atom. The van der Waals surface area contributed by atoms with Crippen LogP contribution in [0.15, 0.2) is 0 Å². The van der Waals surface area contributed by atoms with Gasteiger partial charge in [0, 0.05) is 0 Å². The highest BCUT2D eigenvalue weighted by Gasteiger charge is 2.16. The molecule has 0 aliphatic heterocycles. The van der Waals surface area contributed by atoms with Crippen molar-refractivity contribution in [1.82, 2.24) is 0 Å². The molecule has 1 heteroatoms. The maximum Gasteiger partial charge on any atom is 0.136 e. The van der Waals surface area contributed by atoms with Crippen LogP contribution in [0.3, 0.4) is 0 Å². The molecule has 0 spiro atoms. The van der Waals surface area contributed by atoms with Crippen LogP contribution in [0, 0.1) is 5.92 Å². The molecular weight excluding hydrogens is 131 g/mol. The first-order valence-corrected chi connectivity index (χ1v) is 5.33. The summed E-state index contributed by atoms with van der Waals surface area (Å²) < 4.78 is 0. The molecular formula is C10H21B. The van der Waals surface area contributed by atoms with Crippen molar-refractivity contribution in [3.63, 3.8) is 0 Å². The van der Waals surface area contributed by atoms with Crippen molar-refractivity contribution in [2.45, 2.75) is 58.5 Å². The molecule has 64 valence electrons. The predicted molar refractivity (Wildman–Crippen MR) is 53.5 cm³/mol. The van der Waals surface area contributed by atoms with Gasteiger partial charge in [-0.05, 0) is 5.92 Å². The zero-order valence-corrected chi connectivity index (χ0v) is 8.10. The van der Waals surface area contributed by atoms with Crippen molar-refractivity contribution >= 4 is 6.71 Å². The fourth-order valence-electron chi connectivity index (χ4n) is 2.16. The van der Waals surface area contributed by atoms with E-state index in [1.54, 1.807) is 0 Å². The van der Waals surface area contributed by atoms with Gasteiger partial charge in [-0.25, -0.2) is 0 Å². The maximum absolute atomic E-state index is 2.40. The molecule has 0 aromatic heterocycles. The lowest BCUT2D eigenvalue weighted by molar-refractivity contribution is 0.383. The van der Waals surface area contributed by atoms with E-state index >= 15 is 0 Å². The van der Waals surface area contributed by atoms with Crippen LogP contribution >= 0.6 is 0 Å². The third kappa shape index (κ3) is 3.31. The minimum absolute atomic E-state index is 0.970. The quantitative estimate of drug-likeness (QED) is 0.540. The molecule has 1 saturated carbocycles. The van der Waals surface area contributed by atoms with E-state index in [2.05, 4.69) is 13.7 Å². The second-order valence-corrected chi connectivity index (χ2v) is 4.25. The SMILES string of the molecule is CCB(C)CC1CCCCC1. The highest BCUT2D eigenvalue weighted by molar-refractivity contribution is 6.57. The van der Waals surface area contributed by atoms with Crippen molar-refractivity contribution in [2.24, 2.45) is 5.92 Å². The molecule has 0 heterocycles. The summed E-state index contributed by atoms with van der Waals surface area (Å²) in [7, 11) is 0. The number of rotatable bonds is 3. The lowest BCUT2D eigenvalue weighted by Crippen LogP contribution is -2.14. The van der Waals surface area contributed by atoms with E-state index in [1.807, 2.05) is 0 Å². The molecule has 0 saturated heterocycles. The summed E-state index contributed by atoms with van der Waals surface area (Å²) in [6, 6.07) is 0. The zero-order valence-electron chi connectivity index (χ0n) is 8.10. The monoisotopic (exact) mass is 152 g/mol. The minimum atomic E-state index is 0.970. The molecule has 1 rings (SSSR count). The molecule has 0 bridgehead atoms. The van der Waals surface area contributed by atoms with Gasteiger partial charge < -0.3 is 0 Å². The zero-order chi connectivity index (χ0) is 8.10. The van der Waals surface area contributed by atoms with E-state index in [0.29, 0.717) is 0 Å². The fourth-order valence-corrected chi connectivity index (χ4v) is 2.16. The molecule has 11 heavy (non-hydrogen) atoms. The van der Waals surface area contributed by atoms with Gasteiger partial charge >= 0.3 is 0 Å². The molecule has 0 amide bonds. The van der Waals surface area contributed by atoms with E-state index in [0.717, 1.165) is 12.6 Å². The minimum Gasteiger partial charge on any atom is -0.0861 e. The van der Waals surface area contributed by atoms with Crippen LogP contribution in [0.5, 0.6) is 0 Å². The Morgan fingerprint density at radius 1 is 1.18 bits per heavy atom. The van der Waals surface area contributed by atoms with Crippen LogP contribution < -0.4 is 0 Å². The van der Waals surface area contributed by atoms with Gasteiger partial charge in [-0.1, -0.05) is 58.5 Å². The first-order valence-electron chi connectivity index (χ1n) is 5.33. The molecule has 1 aliphatic rings. The maximum atomic E-state index is 2.40. The first-order chi connectivity index (χ1) is 5.33. The van der Waals surface area contributed by atoms with Gasteiger partial charge in [0.15, 0.2) is 0 Å². The van der Waals surface area contributed by atoms with Crippen LogP contribution in [0.2, 0.25) is 19.5 Å². The highest BCUT2D eigenvalue weighted by atomic mass is 14.1. The largest absolute Gasteiger partial charge is 0.136 e.